The first kappa shape index (κ1) is 24.8. The third-order valence-electron chi connectivity index (χ3n) is 5.02. The third-order valence-corrected chi connectivity index (χ3v) is 5.75. The quantitative estimate of drug-likeness (QED) is 0.390. The summed E-state index contributed by atoms with van der Waals surface area (Å²) in [5.74, 6) is 0.00506. The fraction of sp³-hybridized carbons (Fsp3) is 0.231. The SMILES string of the molecule is CCNC(=O)[C@H](Cc1ccccc1)N(Cc1cccc(Br)c1)C(=O)COc1cccc(Cl)c1. The summed E-state index contributed by atoms with van der Waals surface area (Å²) < 4.78 is 6.62. The fourth-order valence-electron chi connectivity index (χ4n) is 3.46. The van der Waals surface area contributed by atoms with E-state index in [1.54, 1.807) is 29.2 Å². The average molecular weight is 530 g/mol. The molecule has 3 aromatic rings. The lowest BCUT2D eigenvalue weighted by Gasteiger charge is -2.31. The summed E-state index contributed by atoms with van der Waals surface area (Å²) in [5, 5.41) is 3.40. The maximum absolute atomic E-state index is 13.4. The molecule has 0 heterocycles. The van der Waals surface area contributed by atoms with E-state index < -0.39 is 6.04 Å². The molecule has 3 rings (SSSR count). The van der Waals surface area contributed by atoms with E-state index in [2.05, 4.69) is 21.2 Å². The van der Waals surface area contributed by atoms with Gasteiger partial charge >= 0.3 is 0 Å². The van der Waals surface area contributed by atoms with Crippen molar-refractivity contribution in [2.24, 2.45) is 0 Å². The van der Waals surface area contributed by atoms with Crippen LogP contribution in [0.15, 0.2) is 83.3 Å². The third kappa shape index (κ3) is 7.62. The van der Waals surface area contributed by atoms with Gasteiger partial charge in [0.1, 0.15) is 11.8 Å². The molecule has 0 saturated carbocycles. The van der Waals surface area contributed by atoms with Crippen molar-refractivity contribution in [2.45, 2.75) is 25.9 Å². The first-order chi connectivity index (χ1) is 16.0. The van der Waals surface area contributed by atoms with Crippen molar-refractivity contribution in [2.75, 3.05) is 13.2 Å². The number of hydrogen-bond donors (Lipinski definition) is 1. The molecule has 0 aliphatic rings. The second-order valence-electron chi connectivity index (χ2n) is 7.50. The number of carbonyl (C=O) groups excluding carboxylic acids is 2. The molecule has 0 aliphatic heterocycles. The minimum Gasteiger partial charge on any atom is -0.484 e. The summed E-state index contributed by atoms with van der Waals surface area (Å²) >= 11 is 9.51. The summed E-state index contributed by atoms with van der Waals surface area (Å²) in [6.07, 6.45) is 0.392. The molecule has 1 atom stereocenters. The van der Waals surface area contributed by atoms with Crippen LogP contribution >= 0.6 is 27.5 Å². The number of likely N-dealkylation sites (N-methyl/N-ethyl adjacent to an activating group) is 1. The molecular formula is C26H26BrClN2O3. The van der Waals surface area contributed by atoms with E-state index in [1.807, 2.05) is 61.5 Å². The summed E-state index contributed by atoms with van der Waals surface area (Å²) in [4.78, 5) is 28.1. The van der Waals surface area contributed by atoms with Gasteiger partial charge in [0.2, 0.25) is 5.91 Å². The summed E-state index contributed by atoms with van der Waals surface area (Å²) in [6, 6.07) is 23.6. The summed E-state index contributed by atoms with van der Waals surface area (Å²) in [7, 11) is 0. The van der Waals surface area contributed by atoms with Crippen molar-refractivity contribution in [3.05, 3.63) is 99.5 Å². The van der Waals surface area contributed by atoms with Gasteiger partial charge in [-0.05, 0) is 48.4 Å². The van der Waals surface area contributed by atoms with Crippen molar-refractivity contribution in [3.63, 3.8) is 0 Å². The fourth-order valence-corrected chi connectivity index (χ4v) is 4.09. The van der Waals surface area contributed by atoms with Crippen LogP contribution in [0.4, 0.5) is 0 Å². The van der Waals surface area contributed by atoms with Gasteiger partial charge in [-0.1, -0.05) is 76.1 Å². The van der Waals surface area contributed by atoms with E-state index in [4.69, 9.17) is 16.3 Å². The van der Waals surface area contributed by atoms with E-state index in [1.165, 1.54) is 0 Å². The zero-order valence-corrected chi connectivity index (χ0v) is 20.7. The lowest BCUT2D eigenvalue weighted by Crippen LogP contribution is -2.51. The normalized spacial score (nSPS) is 11.5. The highest BCUT2D eigenvalue weighted by Crippen LogP contribution is 2.20. The van der Waals surface area contributed by atoms with Crippen molar-refractivity contribution in [1.82, 2.24) is 10.2 Å². The number of halogens is 2. The zero-order chi connectivity index (χ0) is 23.6. The highest BCUT2D eigenvalue weighted by Gasteiger charge is 2.30. The van der Waals surface area contributed by atoms with Gasteiger partial charge < -0.3 is 15.0 Å². The van der Waals surface area contributed by atoms with Crippen LogP contribution in [0.3, 0.4) is 0 Å². The number of carbonyl (C=O) groups is 2. The zero-order valence-electron chi connectivity index (χ0n) is 18.3. The predicted molar refractivity (Wildman–Crippen MR) is 134 cm³/mol. The Bertz CT molecular complexity index is 1080. The van der Waals surface area contributed by atoms with Gasteiger partial charge in [-0.2, -0.15) is 0 Å². The van der Waals surface area contributed by atoms with Crippen molar-refractivity contribution >= 4 is 39.3 Å². The minimum absolute atomic E-state index is 0.201. The molecule has 3 aromatic carbocycles. The maximum Gasteiger partial charge on any atom is 0.261 e. The molecule has 1 N–H and O–H groups in total. The number of rotatable bonds is 10. The average Bonchev–Trinajstić information content (AvgIpc) is 2.80. The molecule has 172 valence electrons. The molecular weight excluding hydrogens is 504 g/mol. The molecule has 0 saturated heterocycles. The lowest BCUT2D eigenvalue weighted by molar-refractivity contribution is -0.142. The van der Waals surface area contributed by atoms with E-state index in [0.717, 1.165) is 15.6 Å². The molecule has 5 nitrogen and oxygen atoms in total. The van der Waals surface area contributed by atoms with Crippen LogP contribution in [0.25, 0.3) is 0 Å². The van der Waals surface area contributed by atoms with Crippen LogP contribution in [0.1, 0.15) is 18.1 Å². The Morgan fingerprint density at radius 1 is 1.00 bits per heavy atom. The van der Waals surface area contributed by atoms with Gasteiger partial charge in [0.05, 0.1) is 0 Å². The first-order valence-electron chi connectivity index (χ1n) is 10.7. The second-order valence-corrected chi connectivity index (χ2v) is 8.85. The molecule has 0 bridgehead atoms. The second kappa shape index (κ2) is 12.4. The number of hydrogen-bond acceptors (Lipinski definition) is 3. The minimum atomic E-state index is -0.693. The Labute approximate surface area is 207 Å². The smallest absolute Gasteiger partial charge is 0.261 e. The number of nitrogens with zero attached hydrogens (tertiary/aromatic N) is 1. The Hall–Kier alpha value is -2.83. The lowest BCUT2D eigenvalue weighted by atomic mass is 10.0. The van der Waals surface area contributed by atoms with Gasteiger partial charge in [0, 0.05) is 29.0 Å². The summed E-state index contributed by atoms with van der Waals surface area (Å²) in [5.41, 5.74) is 1.87. The van der Waals surface area contributed by atoms with Crippen molar-refractivity contribution < 1.29 is 14.3 Å². The topological polar surface area (TPSA) is 58.6 Å². The molecule has 33 heavy (non-hydrogen) atoms. The van der Waals surface area contributed by atoms with Gasteiger partial charge in [0.15, 0.2) is 6.61 Å². The van der Waals surface area contributed by atoms with E-state index in [0.29, 0.717) is 23.7 Å². The molecule has 0 aromatic heterocycles. The van der Waals surface area contributed by atoms with Crippen LogP contribution in [-0.4, -0.2) is 35.9 Å². The van der Waals surface area contributed by atoms with Gasteiger partial charge in [-0.15, -0.1) is 0 Å². The van der Waals surface area contributed by atoms with Gasteiger partial charge in [-0.25, -0.2) is 0 Å². The molecule has 0 fully saturated rings. The number of ether oxygens (including phenoxy) is 1. The molecule has 0 spiro atoms. The summed E-state index contributed by atoms with van der Waals surface area (Å²) in [6.45, 7) is 2.40. The van der Waals surface area contributed by atoms with E-state index in [-0.39, 0.29) is 25.0 Å². The molecule has 0 unspecified atom stereocenters. The Morgan fingerprint density at radius 2 is 1.73 bits per heavy atom. The molecule has 0 radical (unpaired) electrons. The monoisotopic (exact) mass is 528 g/mol. The number of amides is 2. The predicted octanol–water partition coefficient (Wildman–Crippen LogP) is 5.26. The van der Waals surface area contributed by atoms with E-state index >= 15 is 0 Å². The van der Waals surface area contributed by atoms with Crippen LogP contribution < -0.4 is 10.1 Å². The van der Waals surface area contributed by atoms with Gasteiger partial charge in [0.25, 0.3) is 5.91 Å². The molecule has 2 amide bonds. The Kier molecular flexibility index (Phi) is 9.34. The molecule has 0 aliphatic carbocycles. The van der Waals surface area contributed by atoms with Gasteiger partial charge in [-0.3, -0.25) is 9.59 Å². The largest absolute Gasteiger partial charge is 0.484 e. The number of benzene rings is 3. The Morgan fingerprint density at radius 3 is 2.42 bits per heavy atom. The maximum atomic E-state index is 13.4. The highest BCUT2D eigenvalue weighted by atomic mass is 79.9. The Balaban J connectivity index is 1.89. The standard InChI is InChI=1S/C26H26BrClN2O3/c1-2-29-26(32)24(15-19-8-4-3-5-9-19)30(17-20-10-6-11-21(27)14-20)25(31)18-33-23-13-7-12-22(28)16-23/h3-14,16,24H,2,15,17-18H2,1H3,(H,29,32)/t24-/m0/s1. The molecule has 7 heteroatoms. The highest BCUT2D eigenvalue weighted by molar-refractivity contribution is 9.10. The van der Waals surface area contributed by atoms with Crippen molar-refractivity contribution in [3.8, 4) is 5.75 Å². The van der Waals surface area contributed by atoms with Crippen LogP contribution in [0.5, 0.6) is 5.75 Å². The van der Waals surface area contributed by atoms with Crippen LogP contribution in [0, 0.1) is 0 Å². The first-order valence-corrected chi connectivity index (χ1v) is 11.9. The van der Waals surface area contributed by atoms with Crippen molar-refractivity contribution in [1.29, 1.82) is 0 Å². The van der Waals surface area contributed by atoms with Crippen LogP contribution in [0.2, 0.25) is 5.02 Å². The number of nitrogens with one attached hydrogen (secondary N) is 1. The van der Waals surface area contributed by atoms with Crippen LogP contribution in [-0.2, 0) is 22.6 Å². The van der Waals surface area contributed by atoms with E-state index in [9.17, 15) is 9.59 Å².